The quantitative estimate of drug-likeness (QED) is 0.0762. The second kappa shape index (κ2) is 20.7. The first kappa shape index (κ1) is 48.0. The Labute approximate surface area is 427 Å². The lowest BCUT2D eigenvalue weighted by Crippen LogP contribution is -2.11. The number of rotatable bonds is 18. The first-order valence-electron chi connectivity index (χ1n) is 23.8. The molecule has 0 saturated heterocycles. The van der Waals surface area contributed by atoms with Crippen molar-refractivity contribution in [2.75, 3.05) is 13.2 Å². The van der Waals surface area contributed by atoms with Crippen molar-refractivity contribution in [2.45, 2.75) is 40.2 Å². The molecule has 11 rings (SSSR count). The van der Waals surface area contributed by atoms with Gasteiger partial charge in [0.15, 0.2) is 36.4 Å². The molecular weight excluding hydrogens is 981 g/mol. The second-order valence-electron chi connectivity index (χ2n) is 17.0. The molecule has 2 N–H and O–H groups in total. The third kappa shape index (κ3) is 9.57. The molecule has 380 valence electrons. The maximum atomic E-state index is 14.0. The Balaban J connectivity index is 0.786. The average molecular weight is 1020 g/mol. The Morgan fingerprint density at radius 3 is 1.55 bits per heavy atom. The molecule has 0 unspecified atom stereocenters. The van der Waals surface area contributed by atoms with Crippen molar-refractivity contribution in [3.8, 4) is 57.1 Å². The van der Waals surface area contributed by atoms with Gasteiger partial charge in [0.2, 0.25) is 0 Å². The molecule has 0 bridgehead atoms. The van der Waals surface area contributed by atoms with Crippen LogP contribution in [0, 0.1) is 0 Å². The number of carbonyl (C=O) groups excluding carboxylic acids is 2. The molecule has 11 aromatic rings. The van der Waals surface area contributed by atoms with Gasteiger partial charge in [0.1, 0.15) is 5.52 Å². The van der Waals surface area contributed by atoms with Crippen molar-refractivity contribution >= 4 is 34.0 Å². The van der Waals surface area contributed by atoms with Gasteiger partial charge in [-0.15, -0.1) is 0 Å². The molecule has 6 aromatic carbocycles. The molecular formula is C55H42N8O13. The van der Waals surface area contributed by atoms with Crippen LogP contribution in [0.5, 0.6) is 12.0 Å². The van der Waals surface area contributed by atoms with Crippen molar-refractivity contribution in [3.05, 3.63) is 199 Å². The van der Waals surface area contributed by atoms with E-state index in [9.17, 15) is 24.0 Å². The van der Waals surface area contributed by atoms with Crippen LogP contribution in [0.4, 0.5) is 0 Å². The van der Waals surface area contributed by atoms with E-state index in [4.69, 9.17) is 41.8 Å². The van der Waals surface area contributed by atoms with Gasteiger partial charge in [0.25, 0.3) is 12.0 Å². The second-order valence-corrected chi connectivity index (χ2v) is 17.0. The SMILES string of the molecule is CCOc1nc2c(C(=O)OCc3oc(=O)oc3COC(=O)c3cccc4nc(OCC)n(Cc5ccc(-c6ccccc6-c6noc(=O)[nH]6)cc5)c34)cccc2n1Cc1ccc(-c2ccccc2-c2noc(=O)[nH]2)cc1. The highest BCUT2D eigenvalue weighted by Crippen LogP contribution is 2.34. The summed E-state index contributed by atoms with van der Waals surface area (Å²) in [6.45, 7) is 3.75. The zero-order chi connectivity index (χ0) is 52.3. The number of nitrogens with one attached hydrogen (secondary N) is 2. The number of hydrogen-bond acceptors (Lipinski definition) is 17. The number of ether oxygens (including phenoxy) is 4. The highest BCUT2D eigenvalue weighted by molar-refractivity contribution is 6.03. The summed E-state index contributed by atoms with van der Waals surface area (Å²) >= 11 is 0. The number of nitrogens with zero attached hydrogens (tertiary/aromatic N) is 6. The number of aromatic amines is 2. The Hall–Kier alpha value is -10.3. The van der Waals surface area contributed by atoms with Gasteiger partial charge in [-0.2, -0.15) is 9.97 Å². The van der Waals surface area contributed by atoms with Crippen molar-refractivity contribution in [2.24, 2.45) is 0 Å². The minimum Gasteiger partial charge on any atom is -0.465 e. The van der Waals surface area contributed by atoms with Crippen molar-refractivity contribution in [3.63, 3.8) is 0 Å². The first-order chi connectivity index (χ1) is 37.1. The van der Waals surface area contributed by atoms with Gasteiger partial charge in [0, 0.05) is 11.1 Å². The van der Waals surface area contributed by atoms with E-state index in [1.807, 2.05) is 122 Å². The van der Waals surface area contributed by atoms with E-state index < -0.39 is 42.5 Å². The van der Waals surface area contributed by atoms with E-state index >= 15 is 0 Å². The molecule has 0 amide bonds. The molecule has 0 saturated carbocycles. The number of benzene rings is 6. The number of esters is 2. The fourth-order valence-electron chi connectivity index (χ4n) is 8.89. The predicted molar refractivity (Wildman–Crippen MR) is 271 cm³/mol. The minimum atomic E-state index is -1.09. The number of aromatic nitrogens is 8. The lowest BCUT2D eigenvalue weighted by molar-refractivity contribution is 0.0402. The summed E-state index contributed by atoms with van der Waals surface area (Å²) in [6, 6.07) is 41.1. The molecule has 0 fully saturated rings. The van der Waals surface area contributed by atoms with Gasteiger partial charge < -0.3 is 27.8 Å². The number of carbonyl (C=O) groups is 2. The molecule has 5 heterocycles. The molecule has 0 radical (unpaired) electrons. The number of H-pyrrole nitrogens is 2. The molecule has 0 aliphatic rings. The summed E-state index contributed by atoms with van der Waals surface area (Å²) in [7, 11) is 0. The van der Waals surface area contributed by atoms with E-state index in [-0.39, 0.29) is 41.2 Å². The highest BCUT2D eigenvalue weighted by atomic mass is 16.6. The van der Waals surface area contributed by atoms with Crippen LogP contribution in [0.25, 0.3) is 67.1 Å². The molecule has 21 heteroatoms. The highest BCUT2D eigenvalue weighted by Gasteiger charge is 2.25. The van der Waals surface area contributed by atoms with E-state index in [1.54, 1.807) is 34.9 Å². The van der Waals surface area contributed by atoms with E-state index in [2.05, 4.69) is 25.3 Å². The molecule has 0 aliphatic heterocycles. The summed E-state index contributed by atoms with van der Waals surface area (Å²) in [5.74, 6) is -3.66. The van der Waals surface area contributed by atoms with Crippen LogP contribution in [-0.2, 0) is 35.8 Å². The van der Waals surface area contributed by atoms with Crippen LogP contribution in [-0.4, -0.2) is 64.5 Å². The average Bonchev–Trinajstić information content (AvgIpc) is 4.33. The largest absolute Gasteiger partial charge is 0.519 e. The normalized spacial score (nSPS) is 11.3. The van der Waals surface area contributed by atoms with Crippen LogP contribution in [0.3, 0.4) is 0 Å². The zero-order valence-electron chi connectivity index (χ0n) is 40.4. The van der Waals surface area contributed by atoms with Crippen LogP contribution in [0.1, 0.15) is 57.2 Å². The third-order valence-electron chi connectivity index (χ3n) is 12.3. The van der Waals surface area contributed by atoms with E-state index in [1.165, 1.54) is 0 Å². The van der Waals surface area contributed by atoms with Gasteiger partial charge >= 0.3 is 29.3 Å². The number of imidazole rings is 2. The molecule has 0 atom stereocenters. The van der Waals surface area contributed by atoms with Crippen LogP contribution in [0.15, 0.2) is 166 Å². The number of hydrogen-bond donors (Lipinski definition) is 2. The van der Waals surface area contributed by atoms with Crippen molar-refractivity contribution in [1.82, 2.24) is 39.4 Å². The van der Waals surface area contributed by atoms with Gasteiger partial charge in [0.05, 0.1) is 54.0 Å². The first-order valence-corrected chi connectivity index (χ1v) is 23.8. The molecule has 0 aliphatic carbocycles. The standard InChI is InChI=1S/C55H42N8O13/c1-3-69-51-56-41-17-9-16-40(46(41)63(51)28-32-21-25-34(26-22-32)36-12-6-8-14-38(36)48-59-54(67)76-61-48)50(65)72-30-44-43(73-55(68)74-44)29-71-49(64)39-15-10-18-42-45(39)57-52(70-4-2)62(42)27-31-19-23-33(24-20-31)35-11-5-7-13-37(35)47-58-53(66)75-60-47/h5-26H,3-4,27-30H2,1-2H3,(H,58,60,66)(H,59,61,67). The molecule has 21 nitrogen and oxygen atoms in total. The molecule has 76 heavy (non-hydrogen) atoms. The summed E-state index contributed by atoms with van der Waals surface area (Å²) in [5, 5.41) is 7.71. The van der Waals surface area contributed by atoms with Crippen LogP contribution in [0.2, 0.25) is 0 Å². The van der Waals surface area contributed by atoms with Crippen LogP contribution >= 0.6 is 0 Å². The molecule has 0 spiro atoms. The van der Waals surface area contributed by atoms with Gasteiger partial charge in [-0.1, -0.05) is 120 Å². The maximum Gasteiger partial charge on any atom is 0.519 e. The predicted octanol–water partition coefficient (Wildman–Crippen LogP) is 8.56. The van der Waals surface area contributed by atoms with E-state index in [0.29, 0.717) is 64.6 Å². The summed E-state index contributed by atoms with van der Waals surface area (Å²) in [5.41, 5.74) is 8.61. The Bertz CT molecular complexity index is 4120. The maximum absolute atomic E-state index is 14.0. The Morgan fingerprint density at radius 2 is 1.03 bits per heavy atom. The smallest absolute Gasteiger partial charge is 0.465 e. The third-order valence-corrected chi connectivity index (χ3v) is 12.3. The monoisotopic (exact) mass is 1020 g/mol. The summed E-state index contributed by atoms with van der Waals surface area (Å²) in [4.78, 5) is 78.2. The van der Waals surface area contributed by atoms with E-state index in [0.717, 1.165) is 33.4 Å². The number of fused-ring (bicyclic) bond motifs is 2. The minimum absolute atomic E-state index is 0.118. The molecule has 5 aromatic heterocycles. The topological polar surface area (TPSA) is 268 Å². The fraction of sp³-hybridized carbons (Fsp3) is 0.145. The lowest BCUT2D eigenvalue weighted by atomic mass is 9.98. The Morgan fingerprint density at radius 1 is 0.539 bits per heavy atom. The van der Waals surface area contributed by atoms with Crippen molar-refractivity contribution in [1.29, 1.82) is 0 Å². The fourth-order valence-corrected chi connectivity index (χ4v) is 8.89. The summed E-state index contributed by atoms with van der Waals surface area (Å²) in [6.07, 6.45) is 0. The van der Waals surface area contributed by atoms with Crippen molar-refractivity contribution < 1.29 is 46.4 Å². The van der Waals surface area contributed by atoms with Gasteiger partial charge in [-0.3, -0.25) is 28.1 Å². The van der Waals surface area contributed by atoms with Gasteiger partial charge in [-0.05, 0) is 71.5 Å². The Kier molecular flexibility index (Phi) is 13.0. The lowest BCUT2D eigenvalue weighted by Gasteiger charge is -2.13. The number of para-hydroxylation sites is 2. The zero-order valence-corrected chi connectivity index (χ0v) is 40.4. The van der Waals surface area contributed by atoms with Gasteiger partial charge in [-0.25, -0.2) is 24.0 Å². The summed E-state index contributed by atoms with van der Waals surface area (Å²) < 4.78 is 46.9. The van der Waals surface area contributed by atoms with Crippen LogP contribution < -0.4 is 26.8 Å².